The molecule has 0 spiro atoms. The van der Waals surface area contributed by atoms with E-state index < -0.39 is 0 Å². The van der Waals surface area contributed by atoms with E-state index in [2.05, 4.69) is 4.90 Å². The minimum Gasteiger partial charge on any atom is -0.507 e. The van der Waals surface area contributed by atoms with Crippen LogP contribution in [0.15, 0.2) is 36.1 Å². The summed E-state index contributed by atoms with van der Waals surface area (Å²) in [5, 5.41) is 10.6. The van der Waals surface area contributed by atoms with Crippen molar-refractivity contribution in [3.8, 4) is 11.5 Å². The van der Waals surface area contributed by atoms with E-state index in [1.807, 2.05) is 0 Å². The van der Waals surface area contributed by atoms with Crippen LogP contribution in [0.1, 0.15) is 34.0 Å². The minimum absolute atomic E-state index is 0. The number of nitrogens with zero attached hydrogens (tertiary/aromatic N) is 2. The van der Waals surface area contributed by atoms with Crippen LogP contribution in [0, 0.1) is 12.7 Å². The number of carbonyl (C=O) groups excluding carboxylic acids is 2. The fraction of sp³-hybridized carbons (Fsp3) is 0.333. The number of hydrogen-bond donors (Lipinski definition) is 1. The molecule has 1 fully saturated rings. The molecular formula is C24H26ClFN2O5. The lowest BCUT2D eigenvalue weighted by molar-refractivity contribution is 0.0774. The first-order valence-corrected chi connectivity index (χ1v) is 10.6. The normalized spacial score (nSPS) is 16.9. The van der Waals surface area contributed by atoms with Crippen molar-refractivity contribution in [3.05, 3.63) is 64.2 Å². The number of halogens is 2. The third-order valence-corrected chi connectivity index (χ3v) is 5.67. The largest absolute Gasteiger partial charge is 0.507 e. The second kappa shape index (κ2) is 10.2. The molecule has 2 aliphatic heterocycles. The van der Waals surface area contributed by atoms with Gasteiger partial charge in [0.2, 0.25) is 5.78 Å². The summed E-state index contributed by atoms with van der Waals surface area (Å²) in [6.45, 7) is 6.48. The number of hydrogen-bond acceptors (Lipinski definition) is 6. The van der Waals surface area contributed by atoms with Crippen LogP contribution in [0.25, 0.3) is 6.08 Å². The Balaban J connectivity index is 0.00000306. The van der Waals surface area contributed by atoms with Crippen molar-refractivity contribution in [2.24, 2.45) is 0 Å². The second-order valence-corrected chi connectivity index (χ2v) is 7.85. The number of ketones is 1. The van der Waals surface area contributed by atoms with Crippen molar-refractivity contribution >= 4 is 30.4 Å². The first-order valence-electron chi connectivity index (χ1n) is 10.6. The molecule has 0 radical (unpaired) electrons. The topological polar surface area (TPSA) is 79.3 Å². The number of fused-ring (bicyclic) bond motifs is 1. The lowest BCUT2D eigenvalue weighted by Gasteiger charge is -2.34. The molecule has 33 heavy (non-hydrogen) atoms. The lowest BCUT2D eigenvalue weighted by atomic mass is 9.99. The SMILES string of the molecule is CCOC(=O)N1CCN(Cc2c(O)cc(C)c3c2OC(=Cc2ccc(F)cc2)C3=O)CC1.Cl. The predicted molar refractivity (Wildman–Crippen MR) is 123 cm³/mol. The van der Waals surface area contributed by atoms with Gasteiger partial charge in [0.25, 0.3) is 0 Å². The van der Waals surface area contributed by atoms with Crippen LogP contribution in [-0.4, -0.2) is 59.6 Å². The number of Topliss-reactive ketones (excluding diaryl/α,β-unsaturated/α-hetero) is 1. The molecule has 1 saturated heterocycles. The molecule has 2 heterocycles. The number of piperazine rings is 1. The maximum atomic E-state index is 13.2. The number of rotatable bonds is 4. The standard InChI is InChI=1S/C24H25FN2O5.ClH/c1-3-31-24(30)27-10-8-26(9-11-27)14-18-19(28)12-15(2)21-22(29)20(32-23(18)21)13-16-4-6-17(25)7-5-16;/h4-7,12-13,28H,3,8-11,14H2,1-2H3;1H. The maximum Gasteiger partial charge on any atom is 0.409 e. The fourth-order valence-electron chi connectivity index (χ4n) is 3.97. The molecule has 7 nitrogen and oxygen atoms in total. The highest BCUT2D eigenvalue weighted by Gasteiger charge is 2.34. The highest BCUT2D eigenvalue weighted by Crippen LogP contribution is 2.42. The van der Waals surface area contributed by atoms with Crippen molar-refractivity contribution in [1.29, 1.82) is 0 Å². The third-order valence-electron chi connectivity index (χ3n) is 5.67. The summed E-state index contributed by atoms with van der Waals surface area (Å²) in [6, 6.07) is 7.34. The van der Waals surface area contributed by atoms with Crippen LogP contribution in [0.3, 0.4) is 0 Å². The molecule has 0 aliphatic carbocycles. The molecule has 0 aromatic heterocycles. The monoisotopic (exact) mass is 476 g/mol. The van der Waals surface area contributed by atoms with E-state index in [0.717, 1.165) is 0 Å². The van der Waals surface area contributed by atoms with Crippen LogP contribution >= 0.6 is 12.4 Å². The van der Waals surface area contributed by atoms with E-state index in [-0.39, 0.29) is 41.6 Å². The third kappa shape index (κ3) is 5.12. The van der Waals surface area contributed by atoms with Crippen LogP contribution in [-0.2, 0) is 11.3 Å². The van der Waals surface area contributed by atoms with Crippen LogP contribution in [0.5, 0.6) is 11.5 Å². The Bertz CT molecular complexity index is 1080. The van der Waals surface area contributed by atoms with E-state index in [4.69, 9.17) is 9.47 Å². The van der Waals surface area contributed by atoms with Crippen LogP contribution in [0.2, 0.25) is 0 Å². The van der Waals surface area contributed by atoms with E-state index in [0.29, 0.717) is 67.3 Å². The van der Waals surface area contributed by atoms with E-state index in [1.165, 1.54) is 12.1 Å². The van der Waals surface area contributed by atoms with Crippen molar-refractivity contribution < 1.29 is 28.6 Å². The van der Waals surface area contributed by atoms with Gasteiger partial charge in [-0.25, -0.2) is 9.18 Å². The molecule has 0 atom stereocenters. The van der Waals surface area contributed by atoms with Gasteiger partial charge < -0.3 is 19.5 Å². The Morgan fingerprint density at radius 2 is 1.88 bits per heavy atom. The van der Waals surface area contributed by atoms with Gasteiger partial charge in [0, 0.05) is 32.7 Å². The second-order valence-electron chi connectivity index (χ2n) is 7.85. The number of allylic oxidation sites excluding steroid dienone is 1. The zero-order valence-corrected chi connectivity index (χ0v) is 19.3. The summed E-state index contributed by atoms with van der Waals surface area (Å²) in [5.41, 5.74) is 2.23. The Hall–Kier alpha value is -3.10. The zero-order valence-electron chi connectivity index (χ0n) is 18.5. The van der Waals surface area contributed by atoms with Gasteiger partial charge in [0.1, 0.15) is 17.3 Å². The van der Waals surface area contributed by atoms with Gasteiger partial charge in [0.05, 0.1) is 17.7 Å². The number of amides is 1. The van der Waals surface area contributed by atoms with Gasteiger partial charge in [-0.1, -0.05) is 12.1 Å². The minimum atomic E-state index is -0.361. The van der Waals surface area contributed by atoms with E-state index in [9.17, 15) is 19.1 Å². The lowest BCUT2D eigenvalue weighted by Crippen LogP contribution is -2.48. The van der Waals surface area contributed by atoms with Gasteiger partial charge in [-0.05, 0) is 49.2 Å². The van der Waals surface area contributed by atoms with Gasteiger partial charge in [-0.3, -0.25) is 9.69 Å². The molecule has 0 unspecified atom stereocenters. The smallest absolute Gasteiger partial charge is 0.409 e. The number of ether oxygens (including phenoxy) is 2. The predicted octanol–water partition coefficient (Wildman–Crippen LogP) is 4.15. The Labute approximate surface area is 197 Å². The Kier molecular flexibility index (Phi) is 7.61. The summed E-state index contributed by atoms with van der Waals surface area (Å²) in [6.07, 6.45) is 1.25. The van der Waals surface area contributed by atoms with Crippen molar-refractivity contribution in [1.82, 2.24) is 9.80 Å². The van der Waals surface area contributed by atoms with Gasteiger partial charge in [-0.2, -0.15) is 0 Å². The van der Waals surface area contributed by atoms with Gasteiger partial charge in [-0.15, -0.1) is 12.4 Å². The highest BCUT2D eigenvalue weighted by molar-refractivity contribution is 6.15. The molecule has 0 bridgehead atoms. The first kappa shape index (κ1) is 24.5. The molecule has 9 heteroatoms. The first-order chi connectivity index (χ1) is 15.4. The fourth-order valence-corrected chi connectivity index (χ4v) is 3.97. The maximum absolute atomic E-state index is 13.2. The van der Waals surface area contributed by atoms with Crippen molar-refractivity contribution in [3.63, 3.8) is 0 Å². The summed E-state index contributed by atoms with van der Waals surface area (Å²) < 4.78 is 24.2. The summed E-state index contributed by atoms with van der Waals surface area (Å²) in [7, 11) is 0. The average Bonchev–Trinajstić information content (AvgIpc) is 3.09. The molecule has 4 rings (SSSR count). The Morgan fingerprint density at radius 3 is 2.52 bits per heavy atom. The number of benzene rings is 2. The number of carbonyl (C=O) groups is 2. The summed E-state index contributed by atoms with van der Waals surface area (Å²) in [4.78, 5) is 28.7. The molecule has 1 amide bonds. The molecule has 1 N–H and O–H groups in total. The van der Waals surface area contributed by atoms with Crippen molar-refractivity contribution in [2.75, 3.05) is 32.8 Å². The number of phenolic OH excluding ortho intramolecular Hbond substituents is 1. The number of aryl methyl sites for hydroxylation is 1. The highest BCUT2D eigenvalue weighted by atomic mass is 35.5. The zero-order chi connectivity index (χ0) is 22.8. The molecule has 0 saturated carbocycles. The molecule has 2 aliphatic rings. The number of phenols is 1. The van der Waals surface area contributed by atoms with Gasteiger partial charge >= 0.3 is 6.09 Å². The summed E-state index contributed by atoms with van der Waals surface area (Å²) >= 11 is 0. The van der Waals surface area contributed by atoms with Gasteiger partial charge in [0.15, 0.2) is 5.76 Å². The molecule has 176 valence electrons. The van der Waals surface area contributed by atoms with Crippen LogP contribution < -0.4 is 4.74 Å². The quantitative estimate of drug-likeness (QED) is 0.668. The average molecular weight is 477 g/mol. The van der Waals surface area contributed by atoms with E-state index in [1.54, 1.807) is 43.0 Å². The van der Waals surface area contributed by atoms with E-state index >= 15 is 0 Å². The molecular weight excluding hydrogens is 451 g/mol. The summed E-state index contributed by atoms with van der Waals surface area (Å²) in [5.74, 6) is -0.0808. The van der Waals surface area contributed by atoms with Crippen molar-refractivity contribution in [2.45, 2.75) is 20.4 Å². The number of aromatic hydroxyl groups is 1. The van der Waals surface area contributed by atoms with Crippen LogP contribution in [0.4, 0.5) is 9.18 Å². The Morgan fingerprint density at radius 1 is 1.21 bits per heavy atom. The molecule has 2 aromatic carbocycles. The molecule has 2 aromatic rings.